The second kappa shape index (κ2) is 4.21. The van der Waals surface area contributed by atoms with Gasteiger partial charge in [0, 0.05) is 0 Å². The predicted octanol–water partition coefficient (Wildman–Crippen LogP) is 2.39. The molecule has 0 aliphatic heterocycles. The SMILES string of the molecule is CC(C)Oc1cnc(C(C)C)cn1. The van der Waals surface area contributed by atoms with Crippen molar-refractivity contribution in [1.82, 2.24) is 9.97 Å². The molecule has 72 valence electrons. The lowest BCUT2D eigenvalue weighted by Gasteiger charge is -2.09. The molecular formula is C10H16N2O. The van der Waals surface area contributed by atoms with Crippen LogP contribution in [0.3, 0.4) is 0 Å². The summed E-state index contributed by atoms with van der Waals surface area (Å²) in [6.07, 6.45) is 3.59. The van der Waals surface area contributed by atoms with Gasteiger partial charge < -0.3 is 4.74 Å². The zero-order chi connectivity index (χ0) is 9.84. The number of rotatable bonds is 3. The highest BCUT2D eigenvalue weighted by Crippen LogP contribution is 2.12. The molecule has 13 heavy (non-hydrogen) atoms. The van der Waals surface area contributed by atoms with E-state index < -0.39 is 0 Å². The Bertz CT molecular complexity index is 254. The van der Waals surface area contributed by atoms with Crippen molar-refractivity contribution in [1.29, 1.82) is 0 Å². The van der Waals surface area contributed by atoms with E-state index in [1.54, 1.807) is 12.4 Å². The Morgan fingerprint density at radius 2 is 1.77 bits per heavy atom. The van der Waals surface area contributed by atoms with Crippen molar-refractivity contribution in [2.75, 3.05) is 0 Å². The van der Waals surface area contributed by atoms with Crippen molar-refractivity contribution < 1.29 is 4.74 Å². The molecule has 0 unspecified atom stereocenters. The van der Waals surface area contributed by atoms with Crippen LogP contribution in [0.25, 0.3) is 0 Å². The molecule has 0 aliphatic rings. The lowest BCUT2D eigenvalue weighted by atomic mass is 10.1. The van der Waals surface area contributed by atoms with Crippen molar-refractivity contribution >= 4 is 0 Å². The van der Waals surface area contributed by atoms with Gasteiger partial charge in [-0.1, -0.05) is 13.8 Å². The lowest BCUT2D eigenvalue weighted by molar-refractivity contribution is 0.231. The molecule has 3 nitrogen and oxygen atoms in total. The summed E-state index contributed by atoms with van der Waals surface area (Å²) in [4.78, 5) is 8.40. The average Bonchev–Trinajstić information content (AvgIpc) is 2.04. The maximum Gasteiger partial charge on any atom is 0.232 e. The molecule has 0 amide bonds. The first kappa shape index (κ1) is 9.96. The van der Waals surface area contributed by atoms with Gasteiger partial charge in [0.2, 0.25) is 5.88 Å². The summed E-state index contributed by atoms with van der Waals surface area (Å²) >= 11 is 0. The molecule has 0 aromatic carbocycles. The van der Waals surface area contributed by atoms with Gasteiger partial charge in [-0.3, -0.25) is 4.98 Å². The Morgan fingerprint density at radius 3 is 2.15 bits per heavy atom. The van der Waals surface area contributed by atoms with Crippen LogP contribution in [0.15, 0.2) is 12.4 Å². The summed E-state index contributed by atoms with van der Waals surface area (Å²) in [5.74, 6) is 1.01. The molecule has 0 saturated heterocycles. The zero-order valence-corrected chi connectivity index (χ0v) is 8.61. The maximum atomic E-state index is 5.38. The molecule has 0 bridgehead atoms. The molecule has 1 heterocycles. The minimum absolute atomic E-state index is 0.152. The van der Waals surface area contributed by atoms with E-state index in [1.165, 1.54) is 0 Å². The van der Waals surface area contributed by atoms with Crippen molar-refractivity contribution in [2.24, 2.45) is 0 Å². The minimum atomic E-state index is 0.152. The van der Waals surface area contributed by atoms with E-state index in [1.807, 2.05) is 13.8 Å². The fourth-order valence-corrected chi connectivity index (χ4v) is 0.927. The van der Waals surface area contributed by atoms with E-state index >= 15 is 0 Å². The Hall–Kier alpha value is -1.12. The summed E-state index contributed by atoms with van der Waals surface area (Å²) in [7, 11) is 0. The fraction of sp³-hybridized carbons (Fsp3) is 0.600. The van der Waals surface area contributed by atoms with E-state index in [9.17, 15) is 0 Å². The quantitative estimate of drug-likeness (QED) is 0.716. The van der Waals surface area contributed by atoms with Crippen LogP contribution in [0.4, 0.5) is 0 Å². The van der Waals surface area contributed by atoms with Crippen LogP contribution in [0.1, 0.15) is 39.3 Å². The summed E-state index contributed by atoms with van der Waals surface area (Å²) in [6, 6.07) is 0. The van der Waals surface area contributed by atoms with Gasteiger partial charge >= 0.3 is 0 Å². The highest BCUT2D eigenvalue weighted by Gasteiger charge is 2.03. The van der Waals surface area contributed by atoms with E-state index in [0.29, 0.717) is 11.8 Å². The van der Waals surface area contributed by atoms with Crippen LogP contribution in [-0.4, -0.2) is 16.1 Å². The second-order valence-electron chi connectivity index (χ2n) is 3.60. The van der Waals surface area contributed by atoms with E-state index in [0.717, 1.165) is 5.69 Å². The van der Waals surface area contributed by atoms with Crippen molar-refractivity contribution in [3.8, 4) is 5.88 Å². The summed E-state index contributed by atoms with van der Waals surface area (Å²) in [6.45, 7) is 8.12. The first-order chi connectivity index (χ1) is 6.09. The van der Waals surface area contributed by atoms with E-state index in [2.05, 4.69) is 23.8 Å². The molecule has 0 fully saturated rings. The molecule has 1 aromatic rings. The Kier molecular flexibility index (Phi) is 3.23. The van der Waals surface area contributed by atoms with Gasteiger partial charge in [0.25, 0.3) is 0 Å². The maximum absolute atomic E-state index is 5.38. The highest BCUT2D eigenvalue weighted by molar-refractivity contribution is 5.09. The molecule has 1 aromatic heterocycles. The molecule has 0 saturated carbocycles. The van der Waals surface area contributed by atoms with Crippen LogP contribution < -0.4 is 4.74 Å². The van der Waals surface area contributed by atoms with Crippen LogP contribution >= 0.6 is 0 Å². The number of hydrogen-bond acceptors (Lipinski definition) is 3. The molecule has 0 aliphatic carbocycles. The summed E-state index contributed by atoms with van der Waals surface area (Å²) in [5.41, 5.74) is 0.996. The summed E-state index contributed by atoms with van der Waals surface area (Å²) < 4.78 is 5.38. The lowest BCUT2D eigenvalue weighted by Crippen LogP contribution is -2.07. The van der Waals surface area contributed by atoms with E-state index in [-0.39, 0.29) is 6.10 Å². The summed E-state index contributed by atoms with van der Waals surface area (Å²) in [5, 5.41) is 0. The molecule has 0 N–H and O–H groups in total. The van der Waals surface area contributed by atoms with Crippen molar-refractivity contribution in [2.45, 2.75) is 39.7 Å². The van der Waals surface area contributed by atoms with Gasteiger partial charge in [0.05, 0.1) is 24.2 Å². The first-order valence-electron chi connectivity index (χ1n) is 4.58. The first-order valence-corrected chi connectivity index (χ1v) is 4.58. The normalized spacial score (nSPS) is 10.9. The molecule has 3 heteroatoms. The van der Waals surface area contributed by atoms with Crippen LogP contribution in [0.2, 0.25) is 0 Å². The Balaban J connectivity index is 2.70. The number of ether oxygens (including phenoxy) is 1. The minimum Gasteiger partial charge on any atom is -0.474 e. The molecule has 0 radical (unpaired) electrons. The van der Waals surface area contributed by atoms with Crippen LogP contribution in [0.5, 0.6) is 5.88 Å². The topological polar surface area (TPSA) is 35.0 Å². The average molecular weight is 180 g/mol. The smallest absolute Gasteiger partial charge is 0.232 e. The largest absolute Gasteiger partial charge is 0.474 e. The third-order valence-electron chi connectivity index (χ3n) is 1.60. The van der Waals surface area contributed by atoms with Gasteiger partial charge in [0.1, 0.15) is 0 Å². The van der Waals surface area contributed by atoms with Gasteiger partial charge in [-0.25, -0.2) is 4.98 Å². The zero-order valence-electron chi connectivity index (χ0n) is 8.61. The monoisotopic (exact) mass is 180 g/mol. The third-order valence-corrected chi connectivity index (χ3v) is 1.60. The standard InChI is InChI=1S/C10H16N2O/c1-7(2)9-5-12-10(6-11-9)13-8(3)4/h5-8H,1-4H3. The predicted molar refractivity (Wildman–Crippen MR) is 51.9 cm³/mol. The van der Waals surface area contributed by atoms with Crippen LogP contribution in [0, 0.1) is 0 Å². The van der Waals surface area contributed by atoms with Gasteiger partial charge in [-0.05, 0) is 19.8 Å². The molecule has 0 atom stereocenters. The Labute approximate surface area is 79.2 Å². The van der Waals surface area contributed by atoms with Gasteiger partial charge in [0.15, 0.2) is 0 Å². The number of nitrogens with zero attached hydrogens (tertiary/aromatic N) is 2. The Morgan fingerprint density at radius 1 is 1.08 bits per heavy atom. The van der Waals surface area contributed by atoms with E-state index in [4.69, 9.17) is 4.74 Å². The molecular weight excluding hydrogens is 164 g/mol. The fourth-order valence-electron chi connectivity index (χ4n) is 0.927. The van der Waals surface area contributed by atoms with Crippen molar-refractivity contribution in [3.05, 3.63) is 18.1 Å². The van der Waals surface area contributed by atoms with Crippen molar-refractivity contribution in [3.63, 3.8) is 0 Å². The van der Waals surface area contributed by atoms with Gasteiger partial charge in [-0.15, -0.1) is 0 Å². The third kappa shape index (κ3) is 3.01. The van der Waals surface area contributed by atoms with Gasteiger partial charge in [-0.2, -0.15) is 0 Å². The molecule has 0 spiro atoms. The number of aromatic nitrogens is 2. The molecule has 1 rings (SSSR count). The second-order valence-corrected chi connectivity index (χ2v) is 3.60. The van der Waals surface area contributed by atoms with Crippen LogP contribution in [-0.2, 0) is 0 Å². The highest BCUT2D eigenvalue weighted by atomic mass is 16.5. The number of hydrogen-bond donors (Lipinski definition) is 0.